The van der Waals surface area contributed by atoms with Crippen molar-refractivity contribution in [3.05, 3.63) is 96.1 Å². The number of fused-ring (bicyclic) bond motifs is 2. The van der Waals surface area contributed by atoms with Gasteiger partial charge in [0, 0.05) is 58.2 Å². The number of amides is 1. The molecule has 5 aromatic rings. The Morgan fingerprint density at radius 3 is 2.79 bits per heavy atom. The highest BCUT2D eigenvalue weighted by Crippen LogP contribution is 2.41. The zero-order valence-corrected chi connectivity index (χ0v) is 24.5. The van der Waals surface area contributed by atoms with Crippen molar-refractivity contribution in [2.45, 2.75) is 19.9 Å². The van der Waals surface area contributed by atoms with Crippen molar-refractivity contribution in [3.63, 3.8) is 0 Å². The molecule has 10 nitrogen and oxygen atoms in total. The standard InChI is InChI=1S/C33H35N8O2.H2/c1-3-43-32-9-4-6-25(36-32)22-41-29-8-5-7-28(27(29)20-35-41)37-33(42)30-21-34-31-19-24(11-13-40(30)31)26-18-23(26)10-12-39-16-14-38(2)15-17-39;/h4-9,11,13,18-21H,3,10,12,14-17,22H2,1-2H3,(H,37,42);1H. The van der Waals surface area contributed by atoms with Crippen molar-refractivity contribution in [1.29, 1.82) is 0 Å². The van der Waals surface area contributed by atoms with E-state index in [1.807, 2.05) is 58.6 Å². The third-order valence-corrected chi connectivity index (χ3v) is 8.25. The Hall–Kier alpha value is -4.54. The molecule has 221 valence electrons. The highest BCUT2D eigenvalue weighted by atomic mass is 16.5. The summed E-state index contributed by atoms with van der Waals surface area (Å²) in [5, 5.41) is 8.52. The molecule has 0 atom stereocenters. The summed E-state index contributed by atoms with van der Waals surface area (Å²) in [4.78, 5) is 27.5. The Morgan fingerprint density at radius 1 is 1.07 bits per heavy atom. The van der Waals surface area contributed by atoms with Gasteiger partial charge in [-0.25, -0.2) is 9.97 Å². The average Bonchev–Trinajstić information content (AvgIpc) is 3.48. The molecule has 1 radical (unpaired) electrons. The number of aromatic nitrogens is 5. The van der Waals surface area contributed by atoms with Crippen LogP contribution in [-0.2, 0) is 6.54 Å². The second-order valence-electron chi connectivity index (χ2n) is 11.2. The lowest BCUT2D eigenvalue weighted by Crippen LogP contribution is -2.44. The number of ether oxygens (including phenoxy) is 1. The SMILES string of the molecule is CCOc1cccc(Cn2ncc3c(NC(=O)c4cnc5cc(C6=C(CCN7CCN(C)CC7)[CH]6)ccn45)cccc32)n1.[HH]. The number of nitrogens with zero attached hydrogens (tertiary/aromatic N) is 7. The van der Waals surface area contributed by atoms with Crippen LogP contribution in [0.25, 0.3) is 22.1 Å². The van der Waals surface area contributed by atoms with Crippen LogP contribution in [0.1, 0.15) is 36.5 Å². The summed E-state index contributed by atoms with van der Waals surface area (Å²) in [6, 6.07) is 15.6. The number of imidazole rings is 1. The second-order valence-corrected chi connectivity index (χ2v) is 11.2. The lowest BCUT2D eigenvalue weighted by molar-refractivity contribution is 0.102. The Labute approximate surface area is 252 Å². The quantitative estimate of drug-likeness (QED) is 0.259. The molecule has 0 bridgehead atoms. The van der Waals surface area contributed by atoms with Crippen LogP contribution in [0.15, 0.2) is 72.7 Å². The van der Waals surface area contributed by atoms with E-state index >= 15 is 0 Å². The minimum Gasteiger partial charge on any atom is -0.478 e. The fourth-order valence-corrected chi connectivity index (χ4v) is 5.73. The molecule has 0 unspecified atom stereocenters. The van der Waals surface area contributed by atoms with Crippen LogP contribution < -0.4 is 10.1 Å². The summed E-state index contributed by atoms with van der Waals surface area (Å²) in [6.45, 7) is 8.65. The molecule has 4 aromatic heterocycles. The van der Waals surface area contributed by atoms with Gasteiger partial charge in [-0.05, 0) is 61.9 Å². The summed E-state index contributed by atoms with van der Waals surface area (Å²) in [6.07, 6.45) is 8.69. The number of carbonyl (C=O) groups is 1. The molecular formula is C33H37N8O2. The summed E-state index contributed by atoms with van der Waals surface area (Å²) < 4.78 is 9.26. The van der Waals surface area contributed by atoms with E-state index < -0.39 is 0 Å². The minimum atomic E-state index is -0.225. The molecule has 1 aromatic carbocycles. The van der Waals surface area contributed by atoms with E-state index in [1.165, 1.54) is 11.1 Å². The average molecular weight is 578 g/mol. The Bertz CT molecular complexity index is 1840. The number of allylic oxidation sites excluding steroid dienone is 1. The van der Waals surface area contributed by atoms with E-state index in [1.54, 1.807) is 12.4 Å². The normalized spacial score (nSPS) is 15.9. The molecular weight excluding hydrogens is 540 g/mol. The summed E-state index contributed by atoms with van der Waals surface area (Å²) >= 11 is 0. The molecule has 43 heavy (non-hydrogen) atoms. The first-order valence-corrected chi connectivity index (χ1v) is 14.9. The van der Waals surface area contributed by atoms with Crippen LogP contribution in [0, 0.1) is 6.42 Å². The van der Waals surface area contributed by atoms with Gasteiger partial charge in [0.05, 0.1) is 42.4 Å². The van der Waals surface area contributed by atoms with Gasteiger partial charge in [-0.3, -0.25) is 13.9 Å². The number of carbonyl (C=O) groups excluding carboxylic acids is 1. The van der Waals surface area contributed by atoms with Gasteiger partial charge in [0.2, 0.25) is 5.88 Å². The molecule has 7 rings (SSSR count). The van der Waals surface area contributed by atoms with Gasteiger partial charge in [0.25, 0.3) is 5.91 Å². The summed E-state index contributed by atoms with van der Waals surface area (Å²) in [7, 11) is 2.19. The van der Waals surface area contributed by atoms with Crippen molar-refractivity contribution in [1.82, 2.24) is 33.9 Å². The van der Waals surface area contributed by atoms with Crippen molar-refractivity contribution in [2.24, 2.45) is 0 Å². The molecule has 0 saturated carbocycles. The van der Waals surface area contributed by atoms with E-state index in [-0.39, 0.29) is 7.33 Å². The van der Waals surface area contributed by atoms with Crippen LogP contribution in [0.4, 0.5) is 5.69 Å². The van der Waals surface area contributed by atoms with Crippen LogP contribution in [-0.4, -0.2) is 86.2 Å². The van der Waals surface area contributed by atoms with Crippen LogP contribution in [0.5, 0.6) is 5.88 Å². The number of rotatable bonds is 10. The van der Waals surface area contributed by atoms with Gasteiger partial charge in [-0.15, -0.1) is 0 Å². The summed E-state index contributed by atoms with van der Waals surface area (Å²) in [5.41, 5.74) is 7.54. The molecule has 0 spiro atoms. The van der Waals surface area contributed by atoms with Gasteiger partial charge in [0.15, 0.2) is 0 Å². The first-order chi connectivity index (χ1) is 21.1. The van der Waals surface area contributed by atoms with Crippen LogP contribution >= 0.6 is 0 Å². The largest absolute Gasteiger partial charge is 0.478 e. The lowest BCUT2D eigenvalue weighted by Gasteiger charge is -2.32. The van der Waals surface area contributed by atoms with Gasteiger partial charge in [-0.1, -0.05) is 17.7 Å². The second kappa shape index (κ2) is 11.6. The minimum absolute atomic E-state index is 0. The molecule has 5 heterocycles. The van der Waals surface area contributed by atoms with Crippen LogP contribution in [0.3, 0.4) is 0 Å². The van der Waals surface area contributed by atoms with Gasteiger partial charge in [0.1, 0.15) is 11.3 Å². The maximum absolute atomic E-state index is 13.4. The van der Waals surface area contributed by atoms with Gasteiger partial charge in [-0.2, -0.15) is 5.10 Å². The third-order valence-electron chi connectivity index (χ3n) is 8.25. The Balaban J connectivity index is 0.00000343. The van der Waals surface area contributed by atoms with E-state index in [9.17, 15) is 4.79 Å². The number of pyridine rings is 2. The molecule has 1 aliphatic heterocycles. The fraction of sp³-hybridized carbons (Fsp3) is 0.303. The Morgan fingerprint density at radius 2 is 1.93 bits per heavy atom. The predicted molar refractivity (Wildman–Crippen MR) is 169 cm³/mol. The van der Waals surface area contributed by atoms with Crippen molar-refractivity contribution in [2.75, 3.05) is 51.7 Å². The maximum atomic E-state index is 13.4. The van der Waals surface area contributed by atoms with E-state index in [0.717, 1.165) is 67.0 Å². The van der Waals surface area contributed by atoms with Gasteiger partial charge < -0.3 is 19.9 Å². The predicted octanol–water partition coefficient (Wildman–Crippen LogP) is 4.63. The smallest absolute Gasteiger partial charge is 0.274 e. The number of piperazine rings is 1. The molecule has 1 N–H and O–H groups in total. The monoisotopic (exact) mass is 577 g/mol. The number of anilines is 1. The molecule has 2 aliphatic rings. The third kappa shape index (κ3) is 5.76. The molecule has 10 heteroatoms. The van der Waals surface area contributed by atoms with E-state index in [0.29, 0.717) is 30.4 Å². The lowest BCUT2D eigenvalue weighted by atomic mass is 10.2. The molecule has 1 amide bonds. The van der Waals surface area contributed by atoms with E-state index in [2.05, 4.69) is 55.8 Å². The zero-order chi connectivity index (χ0) is 29.3. The fourth-order valence-electron chi connectivity index (χ4n) is 5.73. The highest BCUT2D eigenvalue weighted by Gasteiger charge is 2.25. The number of hydrogen-bond acceptors (Lipinski definition) is 7. The molecule has 1 aliphatic carbocycles. The number of benzene rings is 1. The Kier molecular flexibility index (Phi) is 7.38. The van der Waals surface area contributed by atoms with Crippen molar-refractivity contribution < 1.29 is 11.0 Å². The molecule has 1 fully saturated rings. The maximum Gasteiger partial charge on any atom is 0.274 e. The topological polar surface area (TPSA) is 92.8 Å². The first kappa shape index (κ1) is 27.3. The number of hydrogen-bond donors (Lipinski definition) is 1. The van der Waals surface area contributed by atoms with E-state index in [4.69, 9.17) is 4.74 Å². The van der Waals surface area contributed by atoms with Crippen molar-refractivity contribution in [3.8, 4) is 5.88 Å². The highest BCUT2D eigenvalue weighted by molar-refractivity contribution is 6.08. The van der Waals surface area contributed by atoms with Gasteiger partial charge >= 0.3 is 0 Å². The van der Waals surface area contributed by atoms with Crippen LogP contribution in [0.2, 0.25) is 0 Å². The first-order valence-electron chi connectivity index (χ1n) is 14.9. The number of nitrogens with one attached hydrogen (secondary N) is 1. The zero-order valence-electron chi connectivity index (χ0n) is 24.5. The van der Waals surface area contributed by atoms with Crippen molar-refractivity contribution >= 4 is 33.7 Å². The molecule has 1 saturated heterocycles. The number of likely N-dealkylation sites (N-methyl/N-ethyl adjacent to an activating group) is 1. The summed E-state index contributed by atoms with van der Waals surface area (Å²) in [5.74, 6) is 0.370.